The SMILES string of the molecule is O=C(c1ccc(=O)[nH]n1)N1CCC[C@H](Cc2nc(-c3cnccn3)no2)C1. The lowest BCUT2D eigenvalue weighted by atomic mass is 9.94. The smallest absolute Gasteiger partial charge is 0.274 e. The van der Waals surface area contributed by atoms with Crippen LogP contribution in [-0.2, 0) is 6.42 Å². The third-order valence-corrected chi connectivity index (χ3v) is 4.43. The van der Waals surface area contributed by atoms with Crippen molar-refractivity contribution in [3.63, 3.8) is 0 Å². The molecule has 1 amide bonds. The predicted octanol–water partition coefficient (Wildman–Crippen LogP) is 0.705. The number of carbonyl (C=O) groups excluding carboxylic acids is 1. The molecule has 4 heterocycles. The van der Waals surface area contributed by atoms with Crippen LogP contribution < -0.4 is 5.56 Å². The van der Waals surface area contributed by atoms with E-state index in [9.17, 15) is 9.59 Å². The van der Waals surface area contributed by atoms with Gasteiger partial charge in [-0.15, -0.1) is 0 Å². The van der Waals surface area contributed by atoms with E-state index in [0.29, 0.717) is 36.9 Å². The number of hydrogen-bond acceptors (Lipinski definition) is 8. The zero-order chi connectivity index (χ0) is 18.6. The summed E-state index contributed by atoms with van der Waals surface area (Å²) < 4.78 is 5.33. The molecule has 0 aromatic carbocycles. The maximum atomic E-state index is 12.6. The van der Waals surface area contributed by atoms with Crippen LogP contribution in [0.1, 0.15) is 29.2 Å². The van der Waals surface area contributed by atoms with Gasteiger partial charge in [0.15, 0.2) is 0 Å². The van der Waals surface area contributed by atoms with E-state index in [4.69, 9.17) is 4.52 Å². The van der Waals surface area contributed by atoms with Crippen molar-refractivity contribution in [1.29, 1.82) is 0 Å². The highest BCUT2D eigenvalue weighted by molar-refractivity contribution is 5.92. The monoisotopic (exact) mass is 367 g/mol. The van der Waals surface area contributed by atoms with Gasteiger partial charge in [-0.3, -0.25) is 14.6 Å². The van der Waals surface area contributed by atoms with Crippen molar-refractivity contribution >= 4 is 5.91 Å². The van der Waals surface area contributed by atoms with E-state index in [-0.39, 0.29) is 23.1 Å². The normalized spacial score (nSPS) is 17.0. The van der Waals surface area contributed by atoms with E-state index < -0.39 is 0 Å². The molecule has 27 heavy (non-hydrogen) atoms. The lowest BCUT2D eigenvalue weighted by Crippen LogP contribution is -2.41. The average Bonchev–Trinajstić information content (AvgIpc) is 3.17. The number of carbonyl (C=O) groups is 1. The van der Waals surface area contributed by atoms with Gasteiger partial charge >= 0.3 is 0 Å². The van der Waals surface area contributed by atoms with Crippen LogP contribution >= 0.6 is 0 Å². The maximum absolute atomic E-state index is 12.6. The molecule has 1 aliphatic heterocycles. The van der Waals surface area contributed by atoms with E-state index in [1.54, 1.807) is 23.5 Å². The van der Waals surface area contributed by atoms with Crippen molar-refractivity contribution in [1.82, 2.24) is 35.2 Å². The van der Waals surface area contributed by atoms with Gasteiger partial charge in [-0.1, -0.05) is 5.16 Å². The molecule has 1 fully saturated rings. The minimum Gasteiger partial charge on any atom is -0.339 e. The summed E-state index contributed by atoms with van der Waals surface area (Å²) in [4.78, 5) is 37.9. The minimum absolute atomic E-state index is 0.193. The standard InChI is InChI=1S/C17H17N7O3/c25-14-4-3-12(21-22-14)17(26)24-7-1-2-11(10-24)8-15-20-16(23-27-15)13-9-18-5-6-19-13/h3-6,9,11H,1-2,7-8,10H2,(H,22,25)/t11-/m1/s1. The van der Waals surface area contributed by atoms with Gasteiger partial charge < -0.3 is 9.42 Å². The second-order valence-corrected chi connectivity index (χ2v) is 6.37. The summed E-state index contributed by atoms with van der Waals surface area (Å²) in [6.07, 6.45) is 7.15. The Bertz CT molecular complexity index is 965. The zero-order valence-electron chi connectivity index (χ0n) is 14.4. The molecule has 0 saturated carbocycles. The molecule has 1 aliphatic rings. The summed E-state index contributed by atoms with van der Waals surface area (Å²) in [5, 5.41) is 10.1. The summed E-state index contributed by atoms with van der Waals surface area (Å²) in [6.45, 7) is 1.23. The average molecular weight is 367 g/mol. The van der Waals surface area contributed by atoms with Crippen LogP contribution in [0.25, 0.3) is 11.5 Å². The van der Waals surface area contributed by atoms with Crippen LogP contribution in [0.2, 0.25) is 0 Å². The van der Waals surface area contributed by atoms with Crippen LogP contribution in [0.4, 0.5) is 0 Å². The molecule has 0 spiro atoms. The molecule has 1 saturated heterocycles. The van der Waals surface area contributed by atoms with Crippen molar-refractivity contribution in [2.75, 3.05) is 13.1 Å². The van der Waals surface area contributed by atoms with Gasteiger partial charge in [0.25, 0.3) is 11.5 Å². The Balaban J connectivity index is 1.41. The molecule has 4 rings (SSSR count). The number of amides is 1. The lowest BCUT2D eigenvalue weighted by Gasteiger charge is -2.31. The van der Waals surface area contributed by atoms with Crippen LogP contribution in [0.3, 0.4) is 0 Å². The first-order chi connectivity index (χ1) is 13.2. The fraction of sp³-hybridized carbons (Fsp3) is 0.353. The van der Waals surface area contributed by atoms with E-state index in [1.807, 2.05) is 0 Å². The van der Waals surface area contributed by atoms with Crippen LogP contribution in [0, 0.1) is 5.92 Å². The lowest BCUT2D eigenvalue weighted by molar-refractivity contribution is 0.0661. The summed E-state index contributed by atoms with van der Waals surface area (Å²) >= 11 is 0. The highest BCUT2D eigenvalue weighted by atomic mass is 16.5. The molecule has 1 atom stereocenters. The number of likely N-dealkylation sites (tertiary alicyclic amines) is 1. The Morgan fingerprint density at radius 2 is 2.26 bits per heavy atom. The molecule has 1 N–H and O–H groups in total. The first-order valence-corrected chi connectivity index (χ1v) is 8.63. The van der Waals surface area contributed by atoms with E-state index >= 15 is 0 Å². The van der Waals surface area contributed by atoms with Crippen LogP contribution in [0.15, 0.2) is 40.0 Å². The Kier molecular flexibility index (Phi) is 4.69. The van der Waals surface area contributed by atoms with Crippen molar-refractivity contribution in [3.05, 3.63) is 52.7 Å². The van der Waals surface area contributed by atoms with Gasteiger partial charge in [-0.25, -0.2) is 10.1 Å². The molecule has 0 unspecified atom stereocenters. The largest absolute Gasteiger partial charge is 0.339 e. The predicted molar refractivity (Wildman–Crippen MR) is 92.5 cm³/mol. The number of rotatable bonds is 4. The number of aromatic amines is 1. The first-order valence-electron chi connectivity index (χ1n) is 8.63. The van der Waals surface area contributed by atoms with E-state index in [1.165, 1.54) is 12.1 Å². The summed E-state index contributed by atoms with van der Waals surface area (Å²) in [7, 11) is 0. The summed E-state index contributed by atoms with van der Waals surface area (Å²) in [6, 6.07) is 2.74. The van der Waals surface area contributed by atoms with Gasteiger partial charge in [0.2, 0.25) is 11.7 Å². The fourth-order valence-electron chi connectivity index (χ4n) is 3.15. The summed E-state index contributed by atoms with van der Waals surface area (Å²) in [5.74, 6) is 0.929. The Morgan fingerprint density at radius 3 is 3.04 bits per heavy atom. The van der Waals surface area contributed by atoms with E-state index in [0.717, 1.165) is 12.8 Å². The molecular formula is C17H17N7O3. The quantitative estimate of drug-likeness (QED) is 0.713. The number of hydrogen-bond donors (Lipinski definition) is 1. The van der Waals surface area contributed by atoms with Gasteiger partial charge in [0, 0.05) is 38.0 Å². The third-order valence-electron chi connectivity index (χ3n) is 4.43. The number of H-pyrrole nitrogens is 1. The third kappa shape index (κ3) is 3.89. The molecule has 3 aromatic rings. The molecule has 0 aliphatic carbocycles. The topological polar surface area (TPSA) is 131 Å². The summed E-state index contributed by atoms with van der Waals surface area (Å²) in [5.41, 5.74) is 0.452. The van der Waals surface area contributed by atoms with Crippen LogP contribution in [-0.4, -0.2) is 54.2 Å². The van der Waals surface area contributed by atoms with Gasteiger partial charge in [-0.2, -0.15) is 10.1 Å². The second kappa shape index (κ2) is 7.44. The molecule has 10 nitrogen and oxygen atoms in total. The van der Waals surface area contributed by atoms with Crippen molar-refractivity contribution in [2.45, 2.75) is 19.3 Å². The number of nitrogens with one attached hydrogen (secondary N) is 1. The number of aromatic nitrogens is 6. The Morgan fingerprint density at radius 1 is 1.33 bits per heavy atom. The second-order valence-electron chi connectivity index (χ2n) is 6.37. The van der Waals surface area contributed by atoms with E-state index in [2.05, 4.69) is 30.3 Å². The van der Waals surface area contributed by atoms with Gasteiger partial charge in [0.1, 0.15) is 11.4 Å². The van der Waals surface area contributed by atoms with Crippen LogP contribution in [0.5, 0.6) is 0 Å². The maximum Gasteiger partial charge on any atom is 0.274 e. The van der Waals surface area contributed by atoms with Crippen molar-refractivity contribution in [2.24, 2.45) is 5.92 Å². The molecular weight excluding hydrogens is 350 g/mol. The fourth-order valence-corrected chi connectivity index (χ4v) is 3.15. The number of piperidine rings is 1. The minimum atomic E-state index is -0.335. The Hall–Kier alpha value is -3.43. The molecule has 3 aromatic heterocycles. The molecule has 138 valence electrons. The van der Waals surface area contributed by atoms with Gasteiger partial charge in [-0.05, 0) is 24.8 Å². The van der Waals surface area contributed by atoms with Gasteiger partial charge in [0.05, 0.1) is 6.20 Å². The molecule has 0 radical (unpaired) electrons. The van der Waals surface area contributed by atoms with Crippen molar-refractivity contribution < 1.29 is 9.32 Å². The molecule has 0 bridgehead atoms. The molecule has 10 heteroatoms. The highest BCUT2D eigenvalue weighted by Gasteiger charge is 2.27. The Labute approximate surface area is 153 Å². The highest BCUT2D eigenvalue weighted by Crippen LogP contribution is 2.22. The number of nitrogens with zero attached hydrogens (tertiary/aromatic N) is 6. The first kappa shape index (κ1) is 17.0. The zero-order valence-corrected chi connectivity index (χ0v) is 14.4. The van der Waals surface area contributed by atoms with Crippen molar-refractivity contribution in [3.8, 4) is 11.5 Å².